The first-order valence-electron chi connectivity index (χ1n) is 13.2. The average Bonchev–Trinajstić information content (AvgIpc) is 3.74. The quantitative estimate of drug-likeness (QED) is 0.303. The van der Waals surface area contributed by atoms with Crippen LogP contribution in [0.5, 0.6) is 0 Å². The summed E-state index contributed by atoms with van der Waals surface area (Å²) in [6, 6.07) is 6.85. The number of anilines is 2. The lowest BCUT2D eigenvalue weighted by Gasteiger charge is -2.23. The number of aromatic nitrogens is 2. The Hall–Kier alpha value is -2.85. The first-order valence-corrected chi connectivity index (χ1v) is 14.4. The van der Waals surface area contributed by atoms with Crippen molar-refractivity contribution in [1.29, 1.82) is 0 Å². The van der Waals surface area contributed by atoms with Gasteiger partial charge in [0.05, 0.1) is 4.90 Å². The summed E-state index contributed by atoms with van der Waals surface area (Å²) >= 11 is 0. The molecule has 206 valence electrons. The fourth-order valence-electron chi connectivity index (χ4n) is 3.39. The molecule has 0 saturated heterocycles. The molecule has 10 heteroatoms. The second-order valence-electron chi connectivity index (χ2n) is 8.24. The highest BCUT2D eigenvalue weighted by molar-refractivity contribution is 7.83. The van der Waals surface area contributed by atoms with E-state index >= 15 is 0 Å². The number of carbonyl (C=O) groups excluding carboxylic acids is 1. The van der Waals surface area contributed by atoms with Gasteiger partial charge in [0, 0.05) is 37.8 Å². The second kappa shape index (κ2) is 17.6. The molecule has 1 saturated carbocycles. The van der Waals surface area contributed by atoms with E-state index in [1.807, 2.05) is 34.6 Å². The van der Waals surface area contributed by atoms with Crippen LogP contribution in [0.15, 0.2) is 35.5 Å². The van der Waals surface area contributed by atoms with E-state index in [0.29, 0.717) is 35.2 Å². The summed E-state index contributed by atoms with van der Waals surface area (Å²) in [5, 5.41) is 11.5. The second-order valence-corrected chi connectivity index (χ2v) is 9.54. The topological polar surface area (TPSA) is 125 Å². The highest BCUT2D eigenvalue weighted by Crippen LogP contribution is 2.31. The molecule has 0 radical (unpaired) electrons. The number of nitrogens with one attached hydrogen (secondary N) is 2. The summed E-state index contributed by atoms with van der Waals surface area (Å²) in [7, 11) is -1.46. The van der Waals surface area contributed by atoms with Crippen LogP contribution in [0.2, 0.25) is 0 Å². The van der Waals surface area contributed by atoms with Crippen molar-refractivity contribution < 1.29 is 18.9 Å². The number of aryl methyl sites for hydroxylation is 1. The van der Waals surface area contributed by atoms with Crippen molar-refractivity contribution in [3.8, 4) is 0 Å². The van der Waals surface area contributed by atoms with E-state index in [2.05, 4.69) is 31.8 Å². The Balaban J connectivity index is 0.00000163. The largest absolute Gasteiger partial charge is 0.481 e. The maximum atomic E-state index is 12.8. The normalized spacial score (nSPS) is 12.8. The minimum Gasteiger partial charge on any atom is -0.481 e. The van der Waals surface area contributed by atoms with E-state index in [0.717, 1.165) is 30.9 Å². The molecule has 1 amide bonds. The Bertz CT molecular complexity index is 1010. The number of hydrogen-bond acceptors (Lipinski definition) is 6. The molecule has 1 unspecified atom stereocenters. The molecule has 1 aliphatic carbocycles. The van der Waals surface area contributed by atoms with Gasteiger partial charge in [-0.25, -0.2) is 18.9 Å². The number of rotatable bonds is 13. The molecule has 0 aliphatic heterocycles. The van der Waals surface area contributed by atoms with Crippen LogP contribution < -0.4 is 14.9 Å². The predicted octanol–water partition coefficient (Wildman–Crippen LogP) is 5.19. The number of nitrogens with zero attached hydrogens (tertiary/aromatic N) is 3. The van der Waals surface area contributed by atoms with E-state index in [9.17, 15) is 13.8 Å². The lowest BCUT2D eigenvalue weighted by atomic mass is 10.2. The van der Waals surface area contributed by atoms with Gasteiger partial charge in [-0.05, 0) is 62.3 Å². The van der Waals surface area contributed by atoms with Crippen molar-refractivity contribution in [2.24, 2.45) is 5.92 Å². The monoisotopic (exact) mass is 533 g/mol. The number of aliphatic carboxylic acids is 1. The number of carboxylic acid groups (broad SMARTS) is 1. The highest BCUT2D eigenvalue weighted by Gasteiger charge is 2.25. The molecule has 0 bridgehead atoms. The van der Waals surface area contributed by atoms with Crippen molar-refractivity contribution >= 4 is 34.4 Å². The minimum absolute atomic E-state index is 0.0236. The summed E-state index contributed by atoms with van der Waals surface area (Å²) < 4.78 is 15.2. The van der Waals surface area contributed by atoms with Crippen LogP contribution in [0.4, 0.5) is 11.5 Å². The smallest absolute Gasteiger partial charge is 0.303 e. The Morgan fingerprint density at radius 2 is 1.84 bits per heavy atom. The first kappa shape index (κ1) is 32.2. The molecule has 0 spiro atoms. The van der Waals surface area contributed by atoms with Crippen LogP contribution in [0.3, 0.4) is 0 Å². The van der Waals surface area contributed by atoms with Crippen LogP contribution >= 0.6 is 0 Å². The molecule has 1 heterocycles. The van der Waals surface area contributed by atoms with Gasteiger partial charge < -0.3 is 15.3 Å². The van der Waals surface area contributed by atoms with Gasteiger partial charge in [0.15, 0.2) is 0 Å². The number of carbonyl (C=O) groups is 2. The van der Waals surface area contributed by atoms with E-state index in [4.69, 9.17) is 5.11 Å². The average molecular weight is 534 g/mol. The third-order valence-corrected chi connectivity index (χ3v) is 6.49. The molecule has 1 aromatic carbocycles. The Morgan fingerprint density at radius 3 is 2.43 bits per heavy atom. The number of amides is 1. The van der Waals surface area contributed by atoms with Gasteiger partial charge in [0.2, 0.25) is 0 Å². The maximum Gasteiger partial charge on any atom is 0.303 e. The summed E-state index contributed by atoms with van der Waals surface area (Å²) in [6.07, 6.45) is 5.34. The third-order valence-electron chi connectivity index (χ3n) is 5.34. The third kappa shape index (κ3) is 11.4. The fourth-order valence-corrected chi connectivity index (χ4v) is 4.36. The Kier molecular flexibility index (Phi) is 15.3. The molecule has 3 rings (SSSR count). The SMILES string of the molecule is CC.CC.CCCN(CC1CC1)c1cc(C(=O)Nc2ccc(S(=O)NCCCC(=O)O)cc2C)ncn1. The van der Waals surface area contributed by atoms with E-state index in [-0.39, 0.29) is 12.3 Å². The number of hydrogen-bond donors (Lipinski definition) is 3. The van der Waals surface area contributed by atoms with E-state index < -0.39 is 17.0 Å². The van der Waals surface area contributed by atoms with Gasteiger partial charge in [0.1, 0.15) is 28.8 Å². The lowest BCUT2D eigenvalue weighted by molar-refractivity contribution is -0.137. The number of benzene rings is 1. The number of carboxylic acids is 1. The van der Waals surface area contributed by atoms with E-state index in [1.54, 1.807) is 24.3 Å². The molecule has 1 fully saturated rings. The van der Waals surface area contributed by atoms with Crippen molar-refractivity contribution in [3.63, 3.8) is 0 Å². The molecule has 9 nitrogen and oxygen atoms in total. The zero-order chi connectivity index (χ0) is 27.8. The first-order chi connectivity index (χ1) is 17.9. The standard InChI is InChI=1S/C23H31N5O4S.2C2H6/c1-3-11-28(14-17-6-7-17)21-13-20(24-15-25-21)23(31)27-19-9-8-18(12-16(19)2)33(32)26-10-4-5-22(29)30;2*1-2/h8-9,12-13,15,17,26H,3-7,10-11,14H2,1-2H3,(H,27,31)(H,29,30);2*1-2H3. The van der Waals surface area contributed by atoms with Gasteiger partial charge >= 0.3 is 5.97 Å². The van der Waals surface area contributed by atoms with Crippen molar-refractivity contribution in [2.45, 2.75) is 78.5 Å². The summed E-state index contributed by atoms with van der Waals surface area (Å²) in [4.78, 5) is 34.7. The van der Waals surface area contributed by atoms with Gasteiger partial charge in [-0.1, -0.05) is 34.6 Å². The fraction of sp³-hybridized carbons (Fsp3) is 0.556. The Morgan fingerprint density at radius 1 is 1.14 bits per heavy atom. The lowest BCUT2D eigenvalue weighted by Crippen LogP contribution is -2.28. The van der Waals surface area contributed by atoms with Gasteiger partial charge in [-0.3, -0.25) is 9.59 Å². The maximum absolute atomic E-state index is 12.8. The van der Waals surface area contributed by atoms with Crippen molar-refractivity contribution in [3.05, 3.63) is 41.9 Å². The Labute approximate surface area is 224 Å². The molecule has 1 aliphatic rings. The van der Waals surface area contributed by atoms with E-state index in [1.165, 1.54) is 19.2 Å². The van der Waals surface area contributed by atoms with Crippen LogP contribution in [0, 0.1) is 12.8 Å². The molecule has 3 N–H and O–H groups in total. The van der Waals surface area contributed by atoms with Crippen LogP contribution in [-0.2, 0) is 15.8 Å². The van der Waals surface area contributed by atoms with Gasteiger partial charge in [-0.2, -0.15) is 0 Å². The summed E-state index contributed by atoms with van der Waals surface area (Å²) in [6.45, 7) is 14.1. The molecule has 2 aromatic rings. The van der Waals surface area contributed by atoms with Crippen LogP contribution in [-0.4, -0.2) is 50.8 Å². The predicted molar refractivity (Wildman–Crippen MR) is 150 cm³/mol. The van der Waals surface area contributed by atoms with Gasteiger partial charge in [0.25, 0.3) is 5.91 Å². The zero-order valence-electron chi connectivity index (χ0n) is 23.0. The molecule has 1 atom stereocenters. The zero-order valence-corrected chi connectivity index (χ0v) is 23.9. The highest BCUT2D eigenvalue weighted by atomic mass is 32.2. The minimum atomic E-state index is -1.46. The van der Waals surface area contributed by atoms with Crippen molar-refractivity contribution in [1.82, 2.24) is 14.7 Å². The molecular weight excluding hydrogens is 490 g/mol. The summed E-state index contributed by atoms with van der Waals surface area (Å²) in [5.74, 6) is 0.267. The van der Waals surface area contributed by atoms with Crippen LogP contribution in [0.25, 0.3) is 0 Å². The van der Waals surface area contributed by atoms with Gasteiger partial charge in [-0.15, -0.1) is 0 Å². The van der Waals surface area contributed by atoms with Crippen LogP contribution in [0.1, 0.15) is 82.8 Å². The molecular formula is C27H43N5O4S. The summed E-state index contributed by atoms with van der Waals surface area (Å²) in [5.41, 5.74) is 1.66. The van der Waals surface area contributed by atoms with Crippen molar-refractivity contribution in [2.75, 3.05) is 29.9 Å². The molecule has 1 aromatic heterocycles. The molecule has 37 heavy (non-hydrogen) atoms.